The molecule has 0 aliphatic carbocycles. The number of aromatic nitrogens is 3. The van der Waals surface area contributed by atoms with Crippen molar-refractivity contribution in [2.75, 3.05) is 6.54 Å². The Bertz CT molecular complexity index is 848. The summed E-state index contributed by atoms with van der Waals surface area (Å²) in [5.41, 5.74) is 3.49. The highest BCUT2D eigenvalue weighted by Crippen LogP contribution is 2.22. The van der Waals surface area contributed by atoms with Crippen LogP contribution in [0.15, 0.2) is 42.2 Å². The largest absolute Gasteiger partial charge is 0.386 e. The Morgan fingerprint density at radius 2 is 2.33 bits per heavy atom. The van der Waals surface area contributed by atoms with Crippen LogP contribution in [-0.4, -0.2) is 32.3 Å². The first-order chi connectivity index (χ1) is 11.6. The monoisotopic (exact) mass is 362 g/mol. The molecular formula is C16H15ClN4O2S. The Hall–Kier alpha value is -2.22. The van der Waals surface area contributed by atoms with Crippen LogP contribution >= 0.6 is 22.9 Å². The number of nitrogens with zero attached hydrogens (tertiary/aromatic N) is 3. The van der Waals surface area contributed by atoms with Gasteiger partial charge >= 0.3 is 0 Å². The van der Waals surface area contributed by atoms with Gasteiger partial charge in [0.1, 0.15) is 6.10 Å². The number of aliphatic hydroxyl groups excluding tert-OH is 1. The molecule has 2 N–H and O–H groups in total. The second kappa shape index (κ2) is 7.12. The number of aliphatic hydroxyl groups is 1. The fourth-order valence-corrected chi connectivity index (χ4v) is 3.25. The van der Waals surface area contributed by atoms with Crippen LogP contribution in [-0.2, 0) is 0 Å². The third-order valence-electron chi connectivity index (χ3n) is 3.50. The fraction of sp³-hybridized carbons (Fsp3) is 0.188. The molecule has 3 rings (SSSR count). The van der Waals surface area contributed by atoms with E-state index < -0.39 is 6.10 Å². The van der Waals surface area contributed by atoms with Gasteiger partial charge in [0, 0.05) is 18.9 Å². The Labute approximate surface area is 147 Å². The molecule has 0 bridgehead atoms. The third-order valence-corrected chi connectivity index (χ3v) is 4.87. The number of nitrogens with one attached hydrogen (secondary N) is 1. The first-order valence-electron chi connectivity index (χ1n) is 7.22. The summed E-state index contributed by atoms with van der Waals surface area (Å²) < 4.78 is 1.64. The molecule has 1 amide bonds. The number of carbonyl (C=O) groups is 1. The van der Waals surface area contributed by atoms with E-state index in [2.05, 4.69) is 15.4 Å². The first kappa shape index (κ1) is 16.6. The zero-order valence-corrected chi connectivity index (χ0v) is 14.4. The van der Waals surface area contributed by atoms with Crippen LogP contribution in [0, 0.1) is 6.92 Å². The average Bonchev–Trinajstić information content (AvgIpc) is 3.24. The lowest BCUT2D eigenvalue weighted by atomic mass is 10.1. The number of rotatable bonds is 5. The van der Waals surface area contributed by atoms with Gasteiger partial charge in [-0.05, 0) is 31.2 Å². The number of aryl methyl sites for hydroxylation is 1. The van der Waals surface area contributed by atoms with Crippen LogP contribution in [0.3, 0.4) is 0 Å². The number of hydrogen-bond donors (Lipinski definition) is 2. The van der Waals surface area contributed by atoms with Crippen molar-refractivity contribution in [3.05, 3.63) is 63.3 Å². The first-order valence-corrected chi connectivity index (χ1v) is 8.48. The van der Waals surface area contributed by atoms with Gasteiger partial charge in [-0.2, -0.15) is 5.10 Å². The maximum Gasteiger partial charge on any atom is 0.252 e. The van der Waals surface area contributed by atoms with E-state index in [-0.39, 0.29) is 12.5 Å². The molecular weight excluding hydrogens is 348 g/mol. The Kier molecular flexibility index (Phi) is 4.94. The van der Waals surface area contributed by atoms with E-state index in [1.165, 1.54) is 11.3 Å². The summed E-state index contributed by atoms with van der Waals surface area (Å²) in [5, 5.41) is 17.3. The molecule has 8 heteroatoms. The van der Waals surface area contributed by atoms with Gasteiger partial charge in [0.05, 0.1) is 32.4 Å². The smallest absolute Gasteiger partial charge is 0.252 e. The molecule has 124 valence electrons. The molecule has 0 aliphatic rings. The SMILES string of the molecule is Cc1ncsc1[C@H](O)CNC(=O)c1cc(-n2cccn2)ccc1Cl. The predicted molar refractivity (Wildman–Crippen MR) is 92.7 cm³/mol. The lowest BCUT2D eigenvalue weighted by Crippen LogP contribution is -2.28. The second-order valence-corrected chi connectivity index (χ2v) is 6.44. The second-order valence-electron chi connectivity index (χ2n) is 5.14. The van der Waals surface area contributed by atoms with Crippen molar-refractivity contribution in [3.63, 3.8) is 0 Å². The highest BCUT2D eigenvalue weighted by Gasteiger charge is 2.17. The number of halogens is 1. The number of thiazole rings is 1. The molecule has 2 heterocycles. The van der Waals surface area contributed by atoms with Crippen LogP contribution in [0.4, 0.5) is 0 Å². The topological polar surface area (TPSA) is 80.0 Å². The molecule has 1 aromatic carbocycles. The van der Waals surface area contributed by atoms with E-state index in [0.717, 1.165) is 16.3 Å². The lowest BCUT2D eigenvalue weighted by Gasteiger charge is -2.12. The molecule has 0 saturated heterocycles. The summed E-state index contributed by atoms with van der Waals surface area (Å²) in [6.07, 6.45) is 2.64. The molecule has 0 fully saturated rings. The Balaban J connectivity index is 1.73. The molecule has 2 aromatic heterocycles. The fourth-order valence-electron chi connectivity index (χ4n) is 2.26. The van der Waals surface area contributed by atoms with Crippen molar-refractivity contribution >= 4 is 28.8 Å². The number of hydrogen-bond acceptors (Lipinski definition) is 5. The Morgan fingerprint density at radius 1 is 1.50 bits per heavy atom. The van der Waals surface area contributed by atoms with Gasteiger partial charge in [0.25, 0.3) is 5.91 Å². The lowest BCUT2D eigenvalue weighted by molar-refractivity contribution is 0.0917. The van der Waals surface area contributed by atoms with E-state index in [1.807, 2.05) is 6.92 Å². The normalized spacial score (nSPS) is 12.1. The highest BCUT2D eigenvalue weighted by molar-refractivity contribution is 7.09. The summed E-state index contributed by atoms with van der Waals surface area (Å²) in [7, 11) is 0. The van der Waals surface area contributed by atoms with Crippen molar-refractivity contribution < 1.29 is 9.90 Å². The van der Waals surface area contributed by atoms with E-state index >= 15 is 0 Å². The van der Waals surface area contributed by atoms with Crippen LogP contribution in [0.5, 0.6) is 0 Å². The van der Waals surface area contributed by atoms with Gasteiger partial charge in [0.15, 0.2) is 0 Å². The van der Waals surface area contributed by atoms with Crippen LogP contribution in [0.2, 0.25) is 5.02 Å². The van der Waals surface area contributed by atoms with E-state index in [9.17, 15) is 9.90 Å². The standard InChI is InChI=1S/C16H15ClN4O2S/c1-10-15(24-9-19-10)14(22)8-18-16(23)12-7-11(3-4-13(12)17)21-6-2-5-20-21/h2-7,9,14,22H,8H2,1H3,(H,18,23)/t14-/m1/s1. The summed E-state index contributed by atoms with van der Waals surface area (Å²) in [4.78, 5) is 17.2. The maximum absolute atomic E-state index is 12.4. The van der Waals surface area contributed by atoms with Crippen LogP contribution in [0.25, 0.3) is 5.69 Å². The molecule has 3 aromatic rings. The zero-order chi connectivity index (χ0) is 17.1. The van der Waals surface area contributed by atoms with Crippen molar-refractivity contribution in [2.24, 2.45) is 0 Å². The minimum absolute atomic E-state index is 0.0875. The maximum atomic E-state index is 12.4. The van der Waals surface area contributed by atoms with Gasteiger partial charge in [-0.15, -0.1) is 11.3 Å². The zero-order valence-electron chi connectivity index (χ0n) is 12.8. The number of amides is 1. The molecule has 0 radical (unpaired) electrons. The molecule has 1 atom stereocenters. The average molecular weight is 363 g/mol. The van der Waals surface area contributed by atoms with E-state index in [0.29, 0.717) is 10.6 Å². The molecule has 24 heavy (non-hydrogen) atoms. The van der Waals surface area contributed by atoms with Crippen molar-refractivity contribution in [2.45, 2.75) is 13.0 Å². The quantitative estimate of drug-likeness (QED) is 0.731. The minimum atomic E-state index is -0.797. The van der Waals surface area contributed by atoms with Gasteiger partial charge in [-0.1, -0.05) is 11.6 Å². The van der Waals surface area contributed by atoms with Crippen molar-refractivity contribution in [1.29, 1.82) is 0 Å². The highest BCUT2D eigenvalue weighted by atomic mass is 35.5. The molecule has 0 saturated carbocycles. The van der Waals surface area contributed by atoms with Crippen molar-refractivity contribution in [3.8, 4) is 5.69 Å². The Morgan fingerprint density at radius 3 is 3.00 bits per heavy atom. The molecule has 0 spiro atoms. The number of carbonyl (C=O) groups excluding carboxylic acids is 1. The van der Waals surface area contributed by atoms with Gasteiger partial charge in [-0.3, -0.25) is 4.79 Å². The van der Waals surface area contributed by atoms with Gasteiger partial charge < -0.3 is 10.4 Å². The van der Waals surface area contributed by atoms with Crippen molar-refractivity contribution in [1.82, 2.24) is 20.1 Å². The summed E-state index contributed by atoms with van der Waals surface area (Å²) in [6, 6.07) is 6.88. The summed E-state index contributed by atoms with van der Waals surface area (Å²) in [6.45, 7) is 1.91. The van der Waals surface area contributed by atoms with Crippen LogP contribution < -0.4 is 5.32 Å². The molecule has 0 unspecified atom stereocenters. The van der Waals surface area contributed by atoms with Gasteiger partial charge in [0.2, 0.25) is 0 Å². The van der Waals surface area contributed by atoms with Crippen LogP contribution in [0.1, 0.15) is 27.0 Å². The van der Waals surface area contributed by atoms with Gasteiger partial charge in [-0.25, -0.2) is 9.67 Å². The third kappa shape index (κ3) is 3.48. The summed E-state index contributed by atoms with van der Waals surface area (Å²) >= 11 is 7.49. The number of benzene rings is 1. The predicted octanol–water partition coefficient (Wildman–Crippen LogP) is 2.75. The summed E-state index contributed by atoms with van der Waals surface area (Å²) in [5.74, 6) is -0.352. The molecule has 0 aliphatic heterocycles. The molecule has 6 nitrogen and oxygen atoms in total. The minimum Gasteiger partial charge on any atom is -0.386 e. The van der Waals surface area contributed by atoms with E-state index in [4.69, 9.17) is 11.6 Å². The van der Waals surface area contributed by atoms with E-state index in [1.54, 1.807) is 46.9 Å².